The molecule has 0 fully saturated rings. The molecule has 0 aliphatic rings. The Morgan fingerprint density at radius 2 is 1.85 bits per heavy atom. The fraction of sp³-hybridized carbons (Fsp3) is 0.143. The fourth-order valence-corrected chi connectivity index (χ4v) is 2.82. The van der Waals surface area contributed by atoms with Crippen molar-refractivity contribution in [1.82, 2.24) is 5.43 Å². The molecule has 0 radical (unpaired) electrons. The van der Waals surface area contributed by atoms with E-state index in [1.807, 2.05) is 38.1 Å². The molecule has 3 rings (SSSR count). The van der Waals surface area contributed by atoms with Crippen molar-refractivity contribution < 1.29 is 14.6 Å². The molecule has 0 aliphatic heterocycles. The number of phenolic OH excluding ortho intramolecular Hbond substituents is 1. The minimum absolute atomic E-state index is 0.0240. The van der Waals surface area contributed by atoms with E-state index in [2.05, 4.69) is 10.5 Å². The van der Waals surface area contributed by atoms with Gasteiger partial charge in [0.1, 0.15) is 11.5 Å². The van der Waals surface area contributed by atoms with Gasteiger partial charge in [-0.05, 0) is 60.5 Å². The lowest BCUT2D eigenvalue weighted by Crippen LogP contribution is -2.17. The Kier molecular flexibility index (Phi) is 5.62. The highest BCUT2D eigenvalue weighted by Crippen LogP contribution is 2.26. The lowest BCUT2D eigenvalue weighted by atomic mass is 10.1. The van der Waals surface area contributed by atoms with Gasteiger partial charge in [0.2, 0.25) is 0 Å². The minimum atomic E-state index is -0.500. The zero-order valence-corrected chi connectivity index (χ0v) is 15.7. The number of hydrogen-bond donors (Lipinski definition) is 2. The van der Waals surface area contributed by atoms with Gasteiger partial charge in [-0.1, -0.05) is 35.9 Å². The summed E-state index contributed by atoms with van der Waals surface area (Å²) in [6.45, 7) is 3.84. The molecule has 1 amide bonds. The van der Waals surface area contributed by atoms with Crippen LogP contribution in [-0.4, -0.2) is 23.3 Å². The van der Waals surface area contributed by atoms with Crippen molar-refractivity contribution in [3.05, 3.63) is 70.7 Å². The molecule has 2 N–H and O–H groups in total. The van der Waals surface area contributed by atoms with Crippen molar-refractivity contribution >= 4 is 34.5 Å². The molecule has 0 saturated heterocycles. The summed E-state index contributed by atoms with van der Waals surface area (Å²) in [4.78, 5) is 12.3. The number of carbonyl (C=O) groups is 1. The van der Waals surface area contributed by atoms with Crippen molar-refractivity contribution in [2.75, 3.05) is 0 Å². The maximum Gasteiger partial charge on any atom is 0.275 e. The first-order valence-corrected chi connectivity index (χ1v) is 8.83. The molecule has 0 aliphatic carbocycles. The SMILES string of the molecule is CC(C)Oc1ccc(C=NNC(=O)c2cc3ccccc3cc2O)cc1Cl. The molecule has 6 heteroatoms. The van der Waals surface area contributed by atoms with Crippen molar-refractivity contribution in [3.63, 3.8) is 0 Å². The number of aromatic hydroxyl groups is 1. The Hall–Kier alpha value is -3.05. The normalized spacial score (nSPS) is 11.3. The van der Waals surface area contributed by atoms with E-state index in [0.29, 0.717) is 16.3 Å². The quantitative estimate of drug-likeness (QED) is 0.494. The molecule has 0 spiro atoms. The van der Waals surface area contributed by atoms with E-state index in [0.717, 1.165) is 10.8 Å². The highest BCUT2D eigenvalue weighted by molar-refractivity contribution is 6.32. The zero-order valence-electron chi connectivity index (χ0n) is 14.9. The number of nitrogens with one attached hydrogen (secondary N) is 1. The first-order valence-electron chi connectivity index (χ1n) is 8.45. The molecule has 0 heterocycles. The number of amides is 1. The molecular weight excluding hydrogens is 364 g/mol. The predicted molar refractivity (Wildman–Crippen MR) is 108 cm³/mol. The molecule has 0 unspecified atom stereocenters. The summed E-state index contributed by atoms with van der Waals surface area (Å²) in [5.41, 5.74) is 3.28. The van der Waals surface area contributed by atoms with Crippen LogP contribution in [0, 0.1) is 0 Å². The number of carbonyl (C=O) groups excluding carboxylic acids is 1. The predicted octanol–water partition coefficient (Wildman–Crippen LogP) is 4.75. The van der Waals surface area contributed by atoms with Crippen LogP contribution in [-0.2, 0) is 0 Å². The molecule has 138 valence electrons. The summed E-state index contributed by atoms with van der Waals surface area (Å²) in [5.74, 6) is -0.00562. The van der Waals surface area contributed by atoms with Gasteiger partial charge in [0.25, 0.3) is 5.91 Å². The lowest BCUT2D eigenvalue weighted by Gasteiger charge is -2.11. The summed E-state index contributed by atoms with van der Waals surface area (Å²) in [6.07, 6.45) is 1.50. The van der Waals surface area contributed by atoms with Crippen LogP contribution < -0.4 is 10.2 Å². The number of nitrogens with zero attached hydrogens (tertiary/aromatic N) is 1. The number of rotatable bonds is 5. The third-order valence-electron chi connectivity index (χ3n) is 3.81. The van der Waals surface area contributed by atoms with E-state index in [1.165, 1.54) is 6.21 Å². The maximum absolute atomic E-state index is 12.3. The average Bonchev–Trinajstić information content (AvgIpc) is 2.63. The highest BCUT2D eigenvalue weighted by Gasteiger charge is 2.11. The number of benzene rings is 3. The number of hydrazone groups is 1. The Bertz CT molecular complexity index is 1020. The first-order chi connectivity index (χ1) is 12.9. The summed E-state index contributed by atoms with van der Waals surface area (Å²) >= 11 is 6.18. The van der Waals surface area contributed by atoms with Gasteiger partial charge < -0.3 is 9.84 Å². The second-order valence-corrected chi connectivity index (χ2v) is 6.68. The first kappa shape index (κ1) is 18.7. The lowest BCUT2D eigenvalue weighted by molar-refractivity contribution is 0.0952. The van der Waals surface area contributed by atoms with Gasteiger partial charge in [-0.2, -0.15) is 5.10 Å². The van der Waals surface area contributed by atoms with Crippen LogP contribution in [0.15, 0.2) is 59.7 Å². The van der Waals surface area contributed by atoms with Gasteiger partial charge in [0.15, 0.2) is 0 Å². The van der Waals surface area contributed by atoms with E-state index < -0.39 is 5.91 Å². The summed E-state index contributed by atoms with van der Waals surface area (Å²) in [7, 11) is 0. The van der Waals surface area contributed by atoms with Gasteiger partial charge in [-0.15, -0.1) is 0 Å². The molecule has 0 aromatic heterocycles. The third kappa shape index (κ3) is 4.57. The highest BCUT2D eigenvalue weighted by atomic mass is 35.5. The van der Waals surface area contributed by atoms with Crippen LogP contribution in [0.4, 0.5) is 0 Å². The fourth-order valence-electron chi connectivity index (χ4n) is 2.58. The van der Waals surface area contributed by atoms with E-state index >= 15 is 0 Å². The number of ether oxygens (including phenoxy) is 1. The Balaban J connectivity index is 1.72. The third-order valence-corrected chi connectivity index (χ3v) is 4.10. The second-order valence-electron chi connectivity index (χ2n) is 6.27. The molecule has 3 aromatic rings. The van der Waals surface area contributed by atoms with E-state index in [-0.39, 0.29) is 17.4 Å². The van der Waals surface area contributed by atoms with Crippen LogP contribution in [0.2, 0.25) is 5.02 Å². The van der Waals surface area contributed by atoms with Crippen LogP contribution in [0.5, 0.6) is 11.5 Å². The van der Waals surface area contributed by atoms with Crippen molar-refractivity contribution in [3.8, 4) is 11.5 Å². The van der Waals surface area contributed by atoms with Gasteiger partial charge in [0, 0.05) is 0 Å². The second kappa shape index (κ2) is 8.10. The number of halogens is 1. The van der Waals surface area contributed by atoms with Crippen LogP contribution >= 0.6 is 11.6 Å². The largest absolute Gasteiger partial charge is 0.507 e. The number of phenols is 1. The Morgan fingerprint density at radius 3 is 2.52 bits per heavy atom. The molecule has 3 aromatic carbocycles. The van der Waals surface area contributed by atoms with E-state index in [9.17, 15) is 9.90 Å². The molecule has 5 nitrogen and oxygen atoms in total. The van der Waals surface area contributed by atoms with Gasteiger partial charge in [0.05, 0.1) is 22.9 Å². The van der Waals surface area contributed by atoms with E-state index in [4.69, 9.17) is 16.3 Å². The van der Waals surface area contributed by atoms with Crippen molar-refractivity contribution in [2.45, 2.75) is 20.0 Å². The van der Waals surface area contributed by atoms with Crippen LogP contribution in [0.25, 0.3) is 10.8 Å². The minimum Gasteiger partial charge on any atom is -0.507 e. The molecule has 0 bridgehead atoms. The maximum atomic E-state index is 12.3. The van der Waals surface area contributed by atoms with Crippen LogP contribution in [0.1, 0.15) is 29.8 Å². The van der Waals surface area contributed by atoms with Crippen molar-refractivity contribution in [1.29, 1.82) is 0 Å². The van der Waals surface area contributed by atoms with E-state index in [1.54, 1.807) is 30.3 Å². The number of fused-ring (bicyclic) bond motifs is 1. The van der Waals surface area contributed by atoms with Gasteiger partial charge >= 0.3 is 0 Å². The van der Waals surface area contributed by atoms with Crippen LogP contribution in [0.3, 0.4) is 0 Å². The standard InChI is InChI=1S/C21H19ClN2O3/c1-13(2)27-20-8-7-14(9-18(20)22)12-23-24-21(26)17-10-15-5-3-4-6-16(15)11-19(17)25/h3-13,25H,1-2H3,(H,24,26). The molecule has 0 atom stereocenters. The average molecular weight is 383 g/mol. The Labute approximate surface area is 162 Å². The topological polar surface area (TPSA) is 70.9 Å². The zero-order chi connectivity index (χ0) is 19.4. The number of hydrogen-bond acceptors (Lipinski definition) is 4. The summed E-state index contributed by atoms with van der Waals surface area (Å²) in [5, 5.41) is 16.2. The monoisotopic (exact) mass is 382 g/mol. The molecular formula is C21H19ClN2O3. The van der Waals surface area contributed by atoms with Crippen molar-refractivity contribution in [2.24, 2.45) is 5.10 Å². The smallest absolute Gasteiger partial charge is 0.275 e. The molecule has 0 saturated carbocycles. The van der Waals surface area contributed by atoms with Gasteiger partial charge in [-0.3, -0.25) is 4.79 Å². The summed E-state index contributed by atoms with van der Waals surface area (Å²) < 4.78 is 5.57. The summed E-state index contributed by atoms with van der Waals surface area (Å²) in [6, 6.07) is 15.9. The van der Waals surface area contributed by atoms with Gasteiger partial charge in [-0.25, -0.2) is 5.43 Å². The Morgan fingerprint density at radius 1 is 1.15 bits per heavy atom. The molecule has 27 heavy (non-hydrogen) atoms.